The first-order chi connectivity index (χ1) is 8.41. The molecular weight excluding hydrogens is 292 g/mol. The summed E-state index contributed by atoms with van der Waals surface area (Å²) in [6.07, 6.45) is 2.13. The Morgan fingerprint density at radius 1 is 1.44 bits per heavy atom. The molecule has 0 aromatic heterocycles. The lowest BCUT2D eigenvalue weighted by molar-refractivity contribution is -0.127. The van der Waals surface area contributed by atoms with Gasteiger partial charge in [0.1, 0.15) is 0 Å². The minimum Gasteiger partial charge on any atom is -0.348 e. The molecule has 1 unspecified atom stereocenters. The Hall–Kier alpha value is -0.870. The van der Waals surface area contributed by atoms with Crippen LogP contribution in [0.5, 0.6) is 0 Å². The zero-order valence-corrected chi connectivity index (χ0v) is 12.3. The van der Waals surface area contributed by atoms with E-state index in [9.17, 15) is 4.79 Å². The van der Waals surface area contributed by atoms with Gasteiger partial charge in [-0.2, -0.15) is 0 Å². The molecule has 0 spiro atoms. The number of carbonyl (C=O) groups excluding carboxylic acids is 1. The molecule has 4 heteroatoms. The van der Waals surface area contributed by atoms with Crippen LogP contribution in [-0.2, 0) is 4.79 Å². The molecule has 1 aliphatic carbocycles. The van der Waals surface area contributed by atoms with Gasteiger partial charge >= 0.3 is 0 Å². The summed E-state index contributed by atoms with van der Waals surface area (Å²) < 4.78 is 1.03. The Kier molecular flexibility index (Phi) is 3.78. The maximum Gasteiger partial charge on any atom is 0.240 e. The highest BCUT2D eigenvalue weighted by atomic mass is 79.9. The summed E-state index contributed by atoms with van der Waals surface area (Å²) in [4.78, 5) is 12.2. The van der Waals surface area contributed by atoms with Crippen molar-refractivity contribution in [1.82, 2.24) is 5.32 Å². The van der Waals surface area contributed by atoms with Crippen molar-refractivity contribution in [1.29, 1.82) is 0 Å². The van der Waals surface area contributed by atoms with Gasteiger partial charge in [0.25, 0.3) is 0 Å². The first kappa shape index (κ1) is 13.6. The van der Waals surface area contributed by atoms with Gasteiger partial charge in [-0.25, -0.2) is 0 Å². The molecule has 1 aliphatic rings. The van der Waals surface area contributed by atoms with Gasteiger partial charge in [0, 0.05) is 4.47 Å². The lowest BCUT2D eigenvalue weighted by atomic mass is 9.95. The third kappa shape index (κ3) is 2.93. The summed E-state index contributed by atoms with van der Waals surface area (Å²) in [7, 11) is 0. The maximum atomic E-state index is 12.2. The lowest BCUT2D eigenvalue weighted by Gasteiger charge is -2.26. The normalized spacial score (nSPS) is 20.0. The maximum absolute atomic E-state index is 12.2. The smallest absolute Gasteiger partial charge is 0.240 e. The molecule has 0 heterocycles. The van der Waals surface area contributed by atoms with Crippen LogP contribution in [0.25, 0.3) is 0 Å². The van der Waals surface area contributed by atoms with E-state index in [4.69, 9.17) is 5.73 Å². The fourth-order valence-electron chi connectivity index (χ4n) is 2.06. The minimum absolute atomic E-state index is 0.0211. The zero-order valence-electron chi connectivity index (χ0n) is 10.7. The van der Waals surface area contributed by atoms with Crippen LogP contribution < -0.4 is 11.1 Å². The van der Waals surface area contributed by atoms with Crippen molar-refractivity contribution in [3.8, 4) is 0 Å². The van der Waals surface area contributed by atoms with Gasteiger partial charge < -0.3 is 11.1 Å². The van der Waals surface area contributed by atoms with Crippen LogP contribution in [0.3, 0.4) is 0 Å². The molecule has 2 atom stereocenters. The quantitative estimate of drug-likeness (QED) is 0.898. The van der Waals surface area contributed by atoms with E-state index >= 15 is 0 Å². The summed E-state index contributed by atoms with van der Waals surface area (Å²) in [6, 6.07) is 7.92. The molecule has 1 aromatic carbocycles. The lowest BCUT2D eigenvalue weighted by Crippen LogP contribution is -2.53. The first-order valence-corrected chi connectivity index (χ1v) is 7.06. The van der Waals surface area contributed by atoms with E-state index in [-0.39, 0.29) is 11.9 Å². The Labute approximate surface area is 116 Å². The Bertz CT molecular complexity index is 438. The number of nitrogens with one attached hydrogen (secondary N) is 1. The van der Waals surface area contributed by atoms with Crippen molar-refractivity contribution in [3.05, 3.63) is 34.3 Å². The minimum atomic E-state index is -0.733. The molecule has 1 amide bonds. The third-order valence-electron chi connectivity index (χ3n) is 3.63. The number of rotatable bonds is 4. The molecule has 0 saturated heterocycles. The van der Waals surface area contributed by atoms with Gasteiger partial charge in [-0.1, -0.05) is 28.1 Å². The highest BCUT2D eigenvalue weighted by Gasteiger charge is 2.44. The molecule has 98 valence electrons. The zero-order chi connectivity index (χ0) is 13.3. The molecule has 2 rings (SSSR count). The van der Waals surface area contributed by atoms with E-state index in [2.05, 4.69) is 21.2 Å². The number of benzene rings is 1. The van der Waals surface area contributed by atoms with Gasteiger partial charge in [0.05, 0.1) is 11.6 Å². The summed E-state index contributed by atoms with van der Waals surface area (Å²) in [6.45, 7) is 3.80. The highest BCUT2D eigenvalue weighted by Crippen LogP contribution is 2.38. The third-order valence-corrected chi connectivity index (χ3v) is 4.16. The predicted molar refractivity (Wildman–Crippen MR) is 76.0 cm³/mol. The second-order valence-corrected chi connectivity index (χ2v) is 6.22. The van der Waals surface area contributed by atoms with Crippen molar-refractivity contribution in [3.63, 3.8) is 0 Å². The first-order valence-electron chi connectivity index (χ1n) is 6.26. The average molecular weight is 311 g/mol. The molecular formula is C14H19BrN2O. The second kappa shape index (κ2) is 5.02. The fourth-order valence-corrected chi connectivity index (χ4v) is 2.32. The Morgan fingerprint density at radius 2 is 2.00 bits per heavy atom. The fraction of sp³-hybridized carbons (Fsp3) is 0.500. The summed E-state index contributed by atoms with van der Waals surface area (Å²) in [5, 5.41) is 3.00. The Balaban J connectivity index is 2.00. The number of halogens is 1. The van der Waals surface area contributed by atoms with Crippen LogP contribution in [0.2, 0.25) is 0 Å². The van der Waals surface area contributed by atoms with Crippen LogP contribution in [0.4, 0.5) is 0 Å². The average Bonchev–Trinajstić information content (AvgIpc) is 3.13. The summed E-state index contributed by atoms with van der Waals surface area (Å²) in [5.74, 6) is 0.287. The van der Waals surface area contributed by atoms with E-state index < -0.39 is 5.54 Å². The van der Waals surface area contributed by atoms with E-state index in [0.717, 1.165) is 22.9 Å². The molecule has 0 bridgehead atoms. The van der Waals surface area contributed by atoms with Crippen LogP contribution in [0.1, 0.15) is 38.3 Å². The van der Waals surface area contributed by atoms with Gasteiger partial charge in [0.15, 0.2) is 0 Å². The number of nitrogens with two attached hydrogens (primary N) is 1. The van der Waals surface area contributed by atoms with Crippen LogP contribution in [0.15, 0.2) is 28.7 Å². The van der Waals surface area contributed by atoms with E-state index in [1.807, 2.05) is 38.1 Å². The SMILES string of the molecule is C[C@H](NC(=O)C(C)(N)C1CC1)c1ccc(Br)cc1. The largest absolute Gasteiger partial charge is 0.348 e. The molecule has 3 N–H and O–H groups in total. The molecule has 3 nitrogen and oxygen atoms in total. The number of hydrogen-bond acceptors (Lipinski definition) is 2. The van der Waals surface area contributed by atoms with Crippen LogP contribution in [0, 0.1) is 5.92 Å². The molecule has 1 aromatic rings. The molecule has 1 fully saturated rings. The van der Waals surface area contributed by atoms with Gasteiger partial charge in [0.2, 0.25) is 5.91 Å². The molecule has 1 saturated carbocycles. The molecule has 0 radical (unpaired) electrons. The van der Waals surface area contributed by atoms with Crippen molar-refractivity contribution < 1.29 is 4.79 Å². The molecule has 18 heavy (non-hydrogen) atoms. The monoisotopic (exact) mass is 310 g/mol. The summed E-state index contributed by atoms with van der Waals surface area (Å²) >= 11 is 3.40. The van der Waals surface area contributed by atoms with E-state index in [1.165, 1.54) is 0 Å². The number of hydrogen-bond donors (Lipinski definition) is 2. The van der Waals surface area contributed by atoms with E-state index in [0.29, 0.717) is 5.92 Å². The Morgan fingerprint density at radius 3 is 2.50 bits per heavy atom. The standard InChI is InChI=1S/C14H19BrN2O/c1-9(10-3-7-12(15)8-4-10)17-13(18)14(2,16)11-5-6-11/h3-4,7-9,11H,5-6,16H2,1-2H3,(H,17,18)/t9-,14?/m0/s1. The van der Waals surface area contributed by atoms with Crippen LogP contribution >= 0.6 is 15.9 Å². The number of carbonyl (C=O) groups is 1. The van der Waals surface area contributed by atoms with Gasteiger partial charge in [-0.3, -0.25) is 4.79 Å². The van der Waals surface area contributed by atoms with E-state index in [1.54, 1.807) is 0 Å². The van der Waals surface area contributed by atoms with Crippen LogP contribution in [-0.4, -0.2) is 11.4 Å². The highest BCUT2D eigenvalue weighted by molar-refractivity contribution is 9.10. The predicted octanol–water partition coefficient (Wildman–Crippen LogP) is 2.75. The second-order valence-electron chi connectivity index (χ2n) is 5.30. The van der Waals surface area contributed by atoms with Gasteiger partial charge in [-0.15, -0.1) is 0 Å². The molecule has 0 aliphatic heterocycles. The van der Waals surface area contributed by atoms with Crippen molar-refractivity contribution in [2.24, 2.45) is 11.7 Å². The van der Waals surface area contributed by atoms with Crippen molar-refractivity contribution in [2.75, 3.05) is 0 Å². The number of amides is 1. The topological polar surface area (TPSA) is 55.1 Å². The van der Waals surface area contributed by atoms with Crippen molar-refractivity contribution >= 4 is 21.8 Å². The van der Waals surface area contributed by atoms with Crippen molar-refractivity contribution in [2.45, 2.75) is 38.3 Å². The van der Waals surface area contributed by atoms with Gasteiger partial charge in [-0.05, 0) is 50.3 Å². The summed E-state index contributed by atoms with van der Waals surface area (Å²) in [5.41, 5.74) is 6.45.